The molecule has 0 saturated carbocycles. The molecule has 1 aromatic carbocycles. The number of benzene rings is 1. The highest BCUT2D eigenvalue weighted by Crippen LogP contribution is 2.13. The number of thiophene rings is 1. The number of nitrogens with one attached hydrogen (secondary N) is 2. The summed E-state index contributed by atoms with van der Waals surface area (Å²) in [5.41, 5.74) is 1.42. The van der Waals surface area contributed by atoms with Gasteiger partial charge in [0.15, 0.2) is 5.78 Å². The van der Waals surface area contributed by atoms with E-state index in [2.05, 4.69) is 19.2 Å². The predicted molar refractivity (Wildman–Crippen MR) is 105 cm³/mol. The number of likely N-dealkylation sites (N-methyl/N-ethyl adjacent to an activating group) is 1. The fraction of sp³-hybridized carbons (Fsp3) is 0.400. The second-order valence-corrected chi connectivity index (χ2v) is 6.95. The molecule has 1 aromatic heterocycles. The number of hydrogen-bond donors (Lipinski definition) is 2. The second-order valence-electron chi connectivity index (χ2n) is 6.00. The molecule has 0 aliphatic carbocycles. The van der Waals surface area contributed by atoms with Crippen molar-refractivity contribution in [1.29, 1.82) is 0 Å². The molecule has 0 atom stereocenters. The van der Waals surface area contributed by atoms with Crippen LogP contribution in [0.2, 0.25) is 0 Å². The zero-order chi connectivity index (χ0) is 18.8. The zero-order valence-corrected chi connectivity index (χ0v) is 16.2. The molecule has 1 heterocycles. The highest BCUT2D eigenvalue weighted by Gasteiger charge is 2.10. The first-order valence-corrected chi connectivity index (χ1v) is 9.93. The van der Waals surface area contributed by atoms with E-state index in [1.807, 2.05) is 29.6 Å². The van der Waals surface area contributed by atoms with Crippen LogP contribution in [0.3, 0.4) is 0 Å². The van der Waals surface area contributed by atoms with Gasteiger partial charge < -0.3 is 15.0 Å². The van der Waals surface area contributed by atoms with Crippen LogP contribution in [-0.2, 0) is 4.74 Å². The fourth-order valence-electron chi connectivity index (χ4n) is 2.58. The van der Waals surface area contributed by atoms with Crippen molar-refractivity contribution < 1.29 is 19.2 Å². The van der Waals surface area contributed by atoms with Crippen LogP contribution in [0.4, 0.5) is 5.69 Å². The van der Waals surface area contributed by atoms with Crippen molar-refractivity contribution in [1.82, 2.24) is 0 Å². The molecule has 140 valence electrons. The largest absolute Gasteiger partial charge is 0.456 e. The van der Waals surface area contributed by atoms with Crippen LogP contribution < -0.4 is 10.2 Å². The van der Waals surface area contributed by atoms with Crippen LogP contribution in [0, 0.1) is 0 Å². The minimum absolute atomic E-state index is 0.142. The van der Waals surface area contributed by atoms with Crippen molar-refractivity contribution in [3.63, 3.8) is 0 Å². The Kier molecular flexibility index (Phi) is 8.31. The summed E-state index contributed by atoms with van der Waals surface area (Å²) in [6, 6.07) is 10.9. The fourth-order valence-corrected chi connectivity index (χ4v) is 3.27. The maximum Gasteiger partial charge on any atom is 0.338 e. The van der Waals surface area contributed by atoms with Gasteiger partial charge in [-0.3, -0.25) is 4.79 Å². The number of ether oxygens (including phenoxy) is 1. The van der Waals surface area contributed by atoms with Crippen LogP contribution >= 0.6 is 11.3 Å². The third-order valence-corrected chi connectivity index (χ3v) is 5.20. The molecule has 0 fully saturated rings. The molecular formula is C20H27N2O3S+. The molecule has 0 unspecified atom stereocenters. The lowest BCUT2D eigenvalue weighted by Gasteiger charge is -2.15. The lowest BCUT2D eigenvalue weighted by Crippen LogP contribution is -3.11. The monoisotopic (exact) mass is 375 g/mol. The number of rotatable bonds is 11. The number of carbonyl (C=O) groups is 2. The van der Waals surface area contributed by atoms with Crippen molar-refractivity contribution in [3.8, 4) is 0 Å². The van der Waals surface area contributed by atoms with Crippen LogP contribution in [0.5, 0.6) is 0 Å². The van der Waals surface area contributed by atoms with Crippen molar-refractivity contribution in [3.05, 3.63) is 52.2 Å². The molecule has 2 aromatic rings. The van der Waals surface area contributed by atoms with Gasteiger partial charge in [0, 0.05) is 18.7 Å². The molecule has 0 aliphatic heterocycles. The maximum atomic E-state index is 12.1. The zero-order valence-electron chi connectivity index (χ0n) is 15.4. The molecule has 6 heteroatoms. The van der Waals surface area contributed by atoms with Gasteiger partial charge in [-0.15, -0.1) is 11.3 Å². The maximum absolute atomic E-state index is 12.1. The first-order valence-electron chi connectivity index (χ1n) is 9.05. The van der Waals surface area contributed by atoms with E-state index in [1.165, 1.54) is 16.2 Å². The molecule has 0 spiro atoms. The van der Waals surface area contributed by atoms with Gasteiger partial charge in [-0.1, -0.05) is 6.07 Å². The van der Waals surface area contributed by atoms with Crippen molar-refractivity contribution in [2.75, 3.05) is 38.1 Å². The smallest absolute Gasteiger partial charge is 0.338 e. The van der Waals surface area contributed by atoms with E-state index >= 15 is 0 Å². The Morgan fingerprint density at radius 3 is 2.46 bits per heavy atom. The number of carbonyl (C=O) groups excluding carboxylic acids is 2. The molecule has 5 nitrogen and oxygen atoms in total. The summed E-state index contributed by atoms with van der Waals surface area (Å²) >= 11 is 1.46. The average molecular weight is 376 g/mol. The van der Waals surface area contributed by atoms with Crippen LogP contribution in [0.1, 0.15) is 40.3 Å². The topological polar surface area (TPSA) is 59.8 Å². The van der Waals surface area contributed by atoms with Gasteiger partial charge in [0.1, 0.15) is 13.2 Å². The van der Waals surface area contributed by atoms with E-state index in [4.69, 9.17) is 4.74 Å². The number of ketones is 1. The SMILES string of the molecule is CC[NH+](CC)CCOC(=O)c1ccc(NCCC(=O)c2cccs2)cc1. The third kappa shape index (κ3) is 6.28. The Bertz CT molecular complexity index is 680. The van der Waals surface area contributed by atoms with Gasteiger partial charge in [-0.05, 0) is 49.6 Å². The van der Waals surface area contributed by atoms with Gasteiger partial charge in [0.25, 0.3) is 0 Å². The Balaban J connectivity index is 1.73. The minimum Gasteiger partial charge on any atom is -0.456 e. The summed E-state index contributed by atoms with van der Waals surface area (Å²) in [6.45, 7) is 8.14. The van der Waals surface area contributed by atoms with Crippen LogP contribution in [0.25, 0.3) is 0 Å². The Morgan fingerprint density at radius 1 is 1.12 bits per heavy atom. The van der Waals surface area contributed by atoms with Crippen molar-refractivity contribution in [2.45, 2.75) is 20.3 Å². The van der Waals surface area contributed by atoms with Crippen molar-refractivity contribution in [2.24, 2.45) is 0 Å². The summed E-state index contributed by atoms with van der Waals surface area (Å²) in [6.07, 6.45) is 0.442. The number of quaternary nitrogens is 1. The van der Waals surface area contributed by atoms with Gasteiger partial charge in [0.2, 0.25) is 0 Å². The summed E-state index contributed by atoms with van der Waals surface area (Å²) < 4.78 is 5.33. The van der Waals surface area contributed by atoms with Crippen molar-refractivity contribution >= 4 is 28.8 Å². The molecular weight excluding hydrogens is 348 g/mol. The Labute approximate surface area is 159 Å². The highest BCUT2D eigenvalue weighted by atomic mass is 32.1. The summed E-state index contributed by atoms with van der Waals surface area (Å²) in [5.74, 6) is -0.154. The number of Topliss-reactive ketones (excluding diaryl/α,β-unsaturated/α-hetero) is 1. The summed E-state index contributed by atoms with van der Waals surface area (Å²) in [4.78, 5) is 26.2. The lowest BCUT2D eigenvalue weighted by molar-refractivity contribution is -0.896. The third-order valence-electron chi connectivity index (χ3n) is 4.29. The minimum atomic E-state index is -0.295. The number of anilines is 1. The first kappa shape index (κ1) is 20.1. The molecule has 0 amide bonds. The first-order chi connectivity index (χ1) is 12.6. The van der Waals surface area contributed by atoms with E-state index in [1.54, 1.807) is 12.1 Å². The van der Waals surface area contributed by atoms with Crippen LogP contribution in [0.15, 0.2) is 41.8 Å². The molecule has 2 N–H and O–H groups in total. The van der Waals surface area contributed by atoms with E-state index in [0.717, 1.165) is 30.2 Å². The standard InChI is InChI=1S/C20H26N2O3S/c1-3-22(4-2)13-14-25-20(24)16-7-9-17(10-8-16)21-12-11-18(23)19-6-5-15-26-19/h5-10,15,21H,3-4,11-14H2,1-2H3/p+1. The molecule has 0 saturated heterocycles. The lowest BCUT2D eigenvalue weighted by atomic mass is 10.2. The van der Waals surface area contributed by atoms with Crippen LogP contribution in [-0.4, -0.2) is 44.5 Å². The van der Waals surface area contributed by atoms with Gasteiger partial charge in [-0.25, -0.2) is 4.79 Å². The van der Waals surface area contributed by atoms with Gasteiger partial charge in [0.05, 0.1) is 23.5 Å². The average Bonchev–Trinajstić information content (AvgIpc) is 3.20. The van der Waals surface area contributed by atoms with E-state index in [0.29, 0.717) is 25.1 Å². The summed E-state index contributed by atoms with van der Waals surface area (Å²) in [7, 11) is 0. The van der Waals surface area contributed by atoms with E-state index < -0.39 is 0 Å². The summed E-state index contributed by atoms with van der Waals surface area (Å²) in [5, 5.41) is 5.11. The van der Waals surface area contributed by atoms with Gasteiger partial charge >= 0.3 is 5.97 Å². The molecule has 0 aliphatic rings. The molecule has 0 radical (unpaired) electrons. The number of hydrogen-bond acceptors (Lipinski definition) is 5. The van der Waals surface area contributed by atoms with Gasteiger partial charge in [-0.2, -0.15) is 0 Å². The quantitative estimate of drug-likeness (QED) is 0.468. The Morgan fingerprint density at radius 2 is 1.85 bits per heavy atom. The second kappa shape index (κ2) is 10.7. The van der Waals surface area contributed by atoms with E-state index in [9.17, 15) is 9.59 Å². The Hall–Kier alpha value is -2.18. The predicted octanol–water partition coefficient (Wildman–Crippen LogP) is 2.51. The normalized spacial score (nSPS) is 10.7. The molecule has 26 heavy (non-hydrogen) atoms. The number of esters is 1. The van der Waals surface area contributed by atoms with E-state index in [-0.39, 0.29) is 11.8 Å². The molecule has 0 bridgehead atoms. The highest BCUT2D eigenvalue weighted by molar-refractivity contribution is 7.12. The molecule has 2 rings (SSSR count).